The van der Waals surface area contributed by atoms with Crippen LogP contribution in [0.3, 0.4) is 0 Å². The average Bonchev–Trinajstić information content (AvgIpc) is 3.29. The molecule has 3 heterocycles. The van der Waals surface area contributed by atoms with Gasteiger partial charge in [-0.05, 0) is 66.8 Å². The predicted molar refractivity (Wildman–Crippen MR) is 131 cm³/mol. The molecule has 32 heavy (non-hydrogen) atoms. The van der Waals surface area contributed by atoms with E-state index >= 15 is 0 Å². The number of aromatic nitrogens is 3. The SMILES string of the molecule is NCCCCc1ccc(-c2ccn3c(-c4ccnc(-c5ccccc5)c4)cnc3c2)cc1. The van der Waals surface area contributed by atoms with Gasteiger partial charge in [-0.2, -0.15) is 0 Å². The second-order valence-electron chi connectivity index (χ2n) is 8.03. The Morgan fingerprint density at radius 2 is 1.56 bits per heavy atom. The lowest BCUT2D eigenvalue weighted by Gasteiger charge is -2.07. The van der Waals surface area contributed by atoms with E-state index in [-0.39, 0.29) is 0 Å². The summed E-state index contributed by atoms with van der Waals surface area (Å²) in [6.07, 6.45) is 9.19. The molecule has 0 aliphatic heterocycles. The van der Waals surface area contributed by atoms with E-state index < -0.39 is 0 Å². The third-order valence-corrected chi connectivity index (χ3v) is 5.85. The summed E-state index contributed by atoms with van der Waals surface area (Å²) < 4.78 is 2.13. The van der Waals surface area contributed by atoms with E-state index in [1.54, 1.807) is 0 Å². The van der Waals surface area contributed by atoms with Crippen LogP contribution in [-0.4, -0.2) is 20.9 Å². The van der Waals surface area contributed by atoms with Crippen molar-refractivity contribution in [2.45, 2.75) is 19.3 Å². The molecule has 0 aliphatic rings. The highest BCUT2D eigenvalue weighted by Crippen LogP contribution is 2.27. The third kappa shape index (κ3) is 4.18. The van der Waals surface area contributed by atoms with E-state index in [0.29, 0.717) is 0 Å². The summed E-state index contributed by atoms with van der Waals surface area (Å²) in [5.74, 6) is 0. The molecule has 0 amide bonds. The molecule has 5 rings (SSSR count). The van der Waals surface area contributed by atoms with Crippen LogP contribution in [-0.2, 0) is 6.42 Å². The van der Waals surface area contributed by atoms with Crippen LogP contribution in [0.2, 0.25) is 0 Å². The molecule has 0 aliphatic carbocycles. The van der Waals surface area contributed by atoms with Gasteiger partial charge in [-0.1, -0.05) is 54.6 Å². The third-order valence-electron chi connectivity index (χ3n) is 5.85. The number of unbranched alkanes of at least 4 members (excludes halogenated alkanes) is 1. The first-order chi connectivity index (χ1) is 15.8. The van der Waals surface area contributed by atoms with E-state index in [1.807, 2.05) is 36.7 Å². The molecule has 0 spiro atoms. The number of hydrogen-bond acceptors (Lipinski definition) is 3. The van der Waals surface area contributed by atoms with Crippen LogP contribution in [0.15, 0.2) is 97.5 Å². The molecule has 158 valence electrons. The molecule has 2 N–H and O–H groups in total. The molecule has 0 bridgehead atoms. The zero-order chi connectivity index (χ0) is 21.8. The van der Waals surface area contributed by atoms with Crippen molar-refractivity contribution < 1.29 is 0 Å². The number of imidazole rings is 1. The second-order valence-corrected chi connectivity index (χ2v) is 8.03. The van der Waals surface area contributed by atoms with Gasteiger partial charge in [-0.15, -0.1) is 0 Å². The van der Waals surface area contributed by atoms with Crippen LogP contribution in [0, 0.1) is 0 Å². The van der Waals surface area contributed by atoms with Gasteiger partial charge in [0.05, 0.1) is 17.6 Å². The molecule has 0 saturated heterocycles. The standard InChI is InChI=1S/C28H26N4/c29-15-5-4-6-21-9-11-22(12-10-21)24-14-17-32-27(20-31-28(32)19-24)25-13-16-30-26(18-25)23-7-2-1-3-8-23/h1-3,7-14,16-20H,4-6,15,29H2. The lowest BCUT2D eigenvalue weighted by atomic mass is 10.0. The number of nitrogens with two attached hydrogens (primary N) is 1. The summed E-state index contributed by atoms with van der Waals surface area (Å²) in [6, 6.07) is 27.5. The van der Waals surface area contributed by atoms with Gasteiger partial charge in [-0.3, -0.25) is 9.38 Å². The normalized spacial score (nSPS) is 11.2. The molecular formula is C28H26N4. The van der Waals surface area contributed by atoms with Gasteiger partial charge < -0.3 is 5.73 Å². The maximum Gasteiger partial charge on any atom is 0.137 e. The number of fused-ring (bicyclic) bond motifs is 1. The minimum atomic E-state index is 0.761. The van der Waals surface area contributed by atoms with Crippen LogP contribution < -0.4 is 5.73 Å². The topological polar surface area (TPSA) is 56.2 Å². The van der Waals surface area contributed by atoms with Crippen molar-refractivity contribution in [3.8, 4) is 33.6 Å². The van der Waals surface area contributed by atoms with Crippen molar-refractivity contribution in [3.63, 3.8) is 0 Å². The molecule has 2 aromatic carbocycles. The fourth-order valence-electron chi connectivity index (χ4n) is 4.07. The first kappa shape index (κ1) is 20.2. The summed E-state index contributed by atoms with van der Waals surface area (Å²) in [4.78, 5) is 9.23. The first-order valence-electron chi connectivity index (χ1n) is 11.1. The lowest BCUT2D eigenvalue weighted by molar-refractivity contribution is 0.745. The quantitative estimate of drug-likeness (QED) is 0.329. The van der Waals surface area contributed by atoms with Crippen LogP contribution in [0.1, 0.15) is 18.4 Å². The molecule has 0 atom stereocenters. The van der Waals surface area contributed by atoms with Gasteiger partial charge in [0.25, 0.3) is 0 Å². The Labute approximate surface area is 188 Å². The van der Waals surface area contributed by atoms with Crippen molar-refractivity contribution in [1.82, 2.24) is 14.4 Å². The first-order valence-corrected chi connectivity index (χ1v) is 11.1. The van der Waals surface area contributed by atoms with E-state index in [1.165, 1.54) is 16.7 Å². The van der Waals surface area contributed by atoms with Crippen molar-refractivity contribution >= 4 is 5.65 Å². The Morgan fingerprint density at radius 1 is 0.719 bits per heavy atom. The number of rotatable bonds is 7. The van der Waals surface area contributed by atoms with Crippen molar-refractivity contribution in [2.24, 2.45) is 5.73 Å². The highest BCUT2D eigenvalue weighted by molar-refractivity contribution is 5.73. The van der Waals surface area contributed by atoms with Gasteiger partial charge in [0, 0.05) is 23.5 Å². The van der Waals surface area contributed by atoms with Gasteiger partial charge >= 0.3 is 0 Å². The highest BCUT2D eigenvalue weighted by atomic mass is 15.0. The van der Waals surface area contributed by atoms with E-state index in [9.17, 15) is 0 Å². The average molecular weight is 419 g/mol. The Morgan fingerprint density at radius 3 is 2.38 bits per heavy atom. The summed E-state index contributed by atoms with van der Waals surface area (Å²) in [6.45, 7) is 0.761. The highest BCUT2D eigenvalue weighted by Gasteiger charge is 2.09. The monoisotopic (exact) mass is 418 g/mol. The Bertz CT molecular complexity index is 1320. The summed E-state index contributed by atoms with van der Waals surface area (Å²) in [5, 5.41) is 0. The molecule has 3 aromatic heterocycles. The number of benzene rings is 2. The molecule has 5 aromatic rings. The van der Waals surface area contributed by atoms with E-state index in [4.69, 9.17) is 5.73 Å². The molecule has 4 heteroatoms. The van der Waals surface area contributed by atoms with Crippen LogP contribution >= 0.6 is 0 Å². The van der Waals surface area contributed by atoms with Gasteiger partial charge in [-0.25, -0.2) is 4.98 Å². The van der Waals surface area contributed by atoms with Crippen LogP contribution in [0.4, 0.5) is 0 Å². The van der Waals surface area contributed by atoms with Gasteiger partial charge in [0.1, 0.15) is 5.65 Å². The number of nitrogens with zero attached hydrogens (tertiary/aromatic N) is 3. The second kappa shape index (κ2) is 9.16. The van der Waals surface area contributed by atoms with E-state index in [2.05, 4.69) is 75.2 Å². The van der Waals surface area contributed by atoms with Crippen LogP contribution in [0.5, 0.6) is 0 Å². The Kier molecular flexibility index (Phi) is 5.77. The molecule has 4 nitrogen and oxygen atoms in total. The maximum atomic E-state index is 5.60. The van der Waals surface area contributed by atoms with Crippen molar-refractivity contribution in [2.75, 3.05) is 6.54 Å². The Balaban J connectivity index is 1.42. The number of pyridine rings is 2. The minimum Gasteiger partial charge on any atom is -0.330 e. The fourth-order valence-corrected chi connectivity index (χ4v) is 4.07. The Hall–Kier alpha value is -3.76. The molecule has 0 unspecified atom stereocenters. The number of hydrogen-bond donors (Lipinski definition) is 1. The lowest BCUT2D eigenvalue weighted by Crippen LogP contribution is -1.98. The smallest absolute Gasteiger partial charge is 0.137 e. The van der Waals surface area contributed by atoms with Crippen molar-refractivity contribution in [3.05, 3.63) is 103 Å². The van der Waals surface area contributed by atoms with Gasteiger partial charge in [0.2, 0.25) is 0 Å². The molecular weight excluding hydrogens is 392 g/mol. The zero-order valence-corrected chi connectivity index (χ0v) is 18.0. The van der Waals surface area contributed by atoms with E-state index in [0.717, 1.165) is 54.0 Å². The summed E-state index contributed by atoms with van der Waals surface area (Å²) >= 11 is 0. The summed E-state index contributed by atoms with van der Waals surface area (Å²) in [7, 11) is 0. The van der Waals surface area contributed by atoms with Crippen molar-refractivity contribution in [1.29, 1.82) is 0 Å². The van der Waals surface area contributed by atoms with Gasteiger partial charge in [0.15, 0.2) is 0 Å². The molecule has 0 saturated carbocycles. The zero-order valence-electron chi connectivity index (χ0n) is 18.0. The fraction of sp³-hybridized carbons (Fsp3) is 0.143. The molecule has 0 radical (unpaired) electrons. The largest absolute Gasteiger partial charge is 0.330 e. The van der Waals surface area contributed by atoms with Crippen LogP contribution in [0.25, 0.3) is 39.3 Å². The predicted octanol–water partition coefficient (Wildman–Crippen LogP) is 6.01. The maximum absolute atomic E-state index is 5.60. The number of aryl methyl sites for hydroxylation is 1. The molecule has 0 fully saturated rings. The summed E-state index contributed by atoms with van der Waals surface area (Å²) in [5.41, 5.74) is 14.5. The minimum absolute atomic E-state index is 0.761.